The molecule has 2 aliphatic rings. The van der Waals surface area contributed by atoms with E-state index < -0.39 is 0 Å². The minimum atomic E-state index is 0.00125. The van der Waals surface area contributed by atoms with Gasteiger partial charge in [-0.15, -0.1) is 0 Å². The molecule has 0 saturated carbocycles. The second-order valence-corrected chi connectivity index (χ2v) is 9.07. The number of hydrogen-bond donors (Lipinski definition) is 0. The van der Waals surface area contributed by atoms with E-state index in [1.165, 1.54) is 5.56 Å². The Hall–Kier alpha value is -3.26. The average molecular weight is 447 g/mol. The van der Waals surface area contributed by atoms with Crippen LogP contribution >= 0.6 is 0 Å². The van der Waals surface area contributed by atoms with Crippen molar-refractivity contribution in [3.8, 4) is 23.0 Å². The van der Waals surface area contributed by atoms with Crippen molar-refractivity contribution in [3.63, 3.8) is 0 Å². The summed E-state index contributed by atoms with van der Waals surface area (Å²) in [7, 11) is 5.69. The second-order valence-electron chi connectivity index (χ2n) is 9.07. The van der Waals surface area contributed by atoms with Crippen LogP contribution in [0.3, 0.4) is 0 Å². The van der Waals surface area contributed by atoms with E-state index in [1.54, 1.807) is 18.0 Å². The lowest BCUT2D eigenvalue weighted by Gasteiger charge is -2.35. The number of likely N-dealkylation sites (tertiary alicyclic amines) is 1. The molecular formula is C25H30N6O2. The number of methoxy groups -OCH3 is 1. The summed E-state index contributed by atoms with van der Waals surface area (Å²) >= 11 is 0. The van der Waals surface area contributed by atoms with Crippen LogP contribution in [0.15, 0.2) is 30.6 Å². The Labute approximate surface area is 194 Å². The zero-order valence-corrected chi connectivity index (χ0v) is 19.7. The molecule has 1 amide bonds. The fourth-order valence-corrected chi connectivity index (χ4v) is 4.87. The molecule has 3 aromatic rings. The van der Waals surface area contributed by atoms with Crippen molar-refractivity contribution in [1.82, 2.24) is 29.5 Å². The van der Waals surface area contributed by atoms with Crippen molar-refractivity contribution in [2.24, 2.45) is 0 Å². The van der Waals surface area contributed by atoms with Gasteiger partial charge in [-0.1, -0.05) is 6.07 Å². The van der Waals surface area contributed by atoms with Gasteiger partial charge in [0.2, 0.25) is 0 Å². The minimum absolute atomic E-state index is 0.00125. The van der Waals surface area contributed by atoms with Gasteiger partial charge in [-0.2, -0.15) is 5.10 Å². The number of amides is 1. The summed E-state index contributed by atoms with van der Waals surface area (Å²) < 4.78 is 7.10. The lowest BCUT2D eigenvalue weighted by Crippen LogP contribution is -2.44. The van der Waals surface area contributed by atoms with E-state index >= 15 is 0 Å². The van der Waals surface area contributed by atoms with Crippen LogP contribution in [0, 0.1) is 6.92 Å². The maximum absolute atomic E-state index is 13.3. The molecule has 33 heavy (non-hydrogen) atoms. The Bertz CT molecular complexity index is 1200. The number of nitrogens with zero attached hydrogens (tertiary/aromatic N) is 6. The highest BCUT2D eigenvalue weighted by Crippen LogP contribution is 2.34. The Morgan fingerprint density at radius 1 is 1.15 bits per heavy atom. The van der Waals surface area contributed by atoms with E-state index in [9.17, 15) is 4.79 Å². The summed E-state index contributed by atoms with van der Waals surface area (Å²) in [5.74, 6) is 1.28. The third-order valence-corrected chi connectivity index (χ3v) is 7.07. The number of fused-ring (bicyclic) bond motifs is 3. The van der Waals surface area contributed by atoms with Crippen LogP contribution in [-0.2, 0) is 12.8 Å². The Kier molecular flexibility index (Phi) is 5.62. The summed E-state index contributed by atoms with van der Waals surface area (Å²) in [4.78, 5) is 26.9. The van der Waals surface area contributed by atoms with Crippen molar-refractivity contribution in [2.75, 3.05) is 34.3 Å². The van der Waals surface area contributed by atoms with Crippen LogP contribution in [0.4, 0.5) is 0 Å². The summed E-state index contributed by atoms with van der Waals surface area (Å²) in [5.41, 5.74) is 5.69. The topological polar surface area (TPSA) is 76.4 Å². The number of rotatable bonds is 4. The zero-order chi connectivity index (χ0) is 23.1. The highest BCUT2D eigenvalue weighted by atomic mass is 16.5. The summed E-state index contributed by atoms with van der Waals surface area (Å²) in [6.07, 6.45) is 7.36. The highest BCUT2D eigenvalue weighted by Gasteiger charge is 2.28. The quantitative estimate of drug-likeness (QED) is 0.613. The molecule has 172 valence electrons. The Balaban J connectivity index is 1.45. The van der Waals surface area contributed by atoms with E-state index in [2.05, 4.69) is 28.1 Å². The lowest BCUT2D eigenvalue weighted by molar-refractivity contribution is 0.0659. The van der Waals surface area contributed by atoms with E-state index in [1.807, 2.05) is 37.2 Å². The van der Waals surface area contributed by atoms with Crippen LogP contribution in [0.2, 0.25) is 0 Å². The number of piperidine rings is 1. The highest BCUT2D eigenvalue weighted by molar-refractivity contribution is 5.95. The van der Waals surface area contributed by atoms with E-state index in [4.69, 9.17) is 9.72 Å². The first-order valence-electron chi connectivity index (χ1n) is 11.5. The smallest absolute Gasteiger partial charge is 0.257 e. The molecule has 0 atom stereocenters. The van der Waals surface area contributed by atoms with Crippen LogP contribution in [-0.4, -0.2) is 75.8 Å². The first kappa shape index (κ1) is 21.6. The number of aromatic nitrogens is 4. The molecule has 8 heteroatoms. The van der Waals surface area contributed by atoms with E-state index in [0.29, 0.717) is 11.5 Å². The molecule has 5 rings (SSSR count). The van der Waals surface area contributed by atoms with Crippen molar-refractivity contribution >= 4 is 5.91 Å². The Morgan fingerprint density at radius 2 is 1.91 bits per heavy atom. The van der Waals surface area contributed by atoms with Crippen molar-refractivity contribution < 1.29 is 9.53 Å². The fraction of sp³-hybridized carbons (Fsp3) is 0.440. The molecule has 8 nitrogen and oxygen atoms in total. The third kappa shape index (κ3) is 3.88. The molecule has 1 aliphatic carbocycles. The number of benzene rings is 1. The van der Waals surface area contributed by atoms with E-state index in [0.717, 1.165) is 67.0 Å². The van der Waals surface area contributed by atoms with Gasteiger partial charge in [0.05, 0.1) is 30.3 Å². The van der Waals surface area contributed by atoms with Crippen molar-refractivity contribution in [3.05, 3.63) is 53.0 Å². The molecule has 0 radical (unpaired) electrons. The normalized spacial score (nSPS) is 16.2. The maximum Gasteiger partial charge on any atom is 0.257 e. The zero-order valence-electron chi connectivity index (χ0n) is 19.7. The maximum atomic E-state index is 13.3. The van der Waals surface area contributed by atoms with Gasteiger partial charge in [0, 0.05) is 24.8 Å². The molecule has 1 saturated heterocycles. The van der Waals surface area contributed by atoms with Crippen molar-refractivity contribution in [2.45, 2.75) is 38.6 Å². The molecule has 2 aromatic heterocycles. The Morgan fingerprint density at radius 3 is 2.67 bits per heavy atom. The largest absolute Gasteiger partial charge is 0.497 e. The first-order valence-corrected chi connectivity index (χ1v) is 11.5. The van der Waals surface area contributed by atoms with Gasteiger partial charge in [-0.3, -0.25) is 4.79 Å². The van der Waals surface area contributed by atoms with E-state index in [-0.39, 0.29) is 11.9 Å². The molecule has 0 unspecified atom stereocenters. The molecule has 1 aliphatic heterocycles. The third-order valence-electron chi connectivity index (χ3n) is 7.07. The van der Waals surface area contributed by atoms with Crippen LogP contribution < -0.4 is 4.74 Å². The molecule has 0 N–H and O–H groups in total. The number of aryl methyl sites for hydroxylation is 2. The standard InChI is InChI=1S/C25H30N6O2/c1-16-22(24(32)30(3)19-9-11-29(2)12-10-19)15-27-31(16)25-26-14-18-6-5-17-7-8-20(33-4)13-21(17)23(18)28-25/h7-8,13-15,19H,5-6,9-12H2,1-4H3. The van der Waals surface area contributed by atoms with Gasteiger partial charge in [0.25, 0.3) is 11.9 Å². The average Bonchev–Trinajstić information content (AvgIpc) is 3.23. The van der Waals surface area contributed by atoms with Gasteiger partial charge in [0.15, 0.2) is 0 Å². The first-order chi connectivity index (χ1) is 16.0. The number of ether oxygens (including phenoxy) is 1. The predicted molar refractivity (Wildman–Crippen MR) is 126 cm³/mol. The van der Waals surface area contributed by atoms with Gasteiger partial charge in [0.1, 0.15) is 5.75 Å². The molecule has 0 bridgehead atoms. The molecule has 1 aromatic carbocycles. The molecular weight excluding hydrogens is 416 g/mol. The van der Waals surface area contributed by atoms with Gasteiger partial charge in [-0.25, -0.2) is 14.6 Å². The monoisotopic (exact) mass is 446 g/mol. The van der Waals surface area contributed by atoms with Gasteiger partial charge < -0.3 is 14.5 Å². The second kappa shape index (κ2) is 8.59. The molecule has 0 spiro atoms. The molecule has 1 fully saturated rings. The lowest BCUT2D eigenvalue weighted by atomic mass is 9.90. The predicted octanol–water partition coefficient (Wildman–Crippen LogP) is 2.91. The van der Waals surface area contributed by atoms with Crippen molar-refractivity contribution in [1.29, 1.82) is 0 Å². The summed E-state index contributed by atoms with van der Waals surface area (Å²) in [6.45, 7) is 3.92. The van der Waals surface area contributed by atoms with Gasteiger partial charge >= 0.3 is 0 Å². The number of carbonyl (C=O) groups excluding carboxylic acids is 1. The fourth-order valence-electron chi connectivity index (χ4n) is 4.87. The minimum Gasteiger partial charge on any atom is -0.497 e. The van der Waals surface area contributed by atoms with Gasteiger partial charge in [-0.05, 0) is 76.0 Å². The van der Waals surface area contributed by atoms with Crippen LogP contribution in [0.5, 0.6) is 5.75 Å². The van der Waals surface area contributed by atoms with Crippen LogP contribution in [0.1, 0.15) is 40.0 Å². The number of carbonyl (C=O) groups is 1. The summed E-state index contributed by atoms with van der Waals surface area (Å²) in [5, 5.41) is 4.50. The number of hydrogen-bond acceptors (Lipinski definition) is 6. The SMILES string of the molecule is COc1ccc2c(c1)-c1nc(-n3ncc(C(=O)N(C)C4CCN(C)CC4)c3C)ncc1CC2. The van der Waals surface area contributed by atoms with Crippen LogP contribution in [0.25, 0.3) is 17.2 Å². The molecule has 3 heterocycles. The summed E-state index contributed by atoms with van der Waals surface area (Å²) in [6, 6.07) is 6.38.